The number of nitrogens with one attached hydrogen (secondary N) is 1. The van der Waals surface area contributed by atoms with Crippen molar-refractivity contribution < 1.29 is 24.0 Å². The predicted octanol–water partition coefficient (Wildman–Crippen LogP) is 0.831. The van der Waals surface area contributed by atoms with Gasteiger partial charge in [0.15, 0.2) is 0 Å². The number of hydrogen-bond acceptors (Lipinski definition) is 4. The molecule has 2 rings (SSSR count). The first-order chi connectivity index (χ1) is 10.6. The first-order valence-corrected chi connectivity index (χ1v) is 7.81. The Morgan fingerprint density at radius 2 is 1.82 bits per heavy atom. The summed E-state index contributed by atoms with van der Waals surface area (Å²) in [4.78, 5) is 24.6. The molecule has 0 saturated carbocycles. The summed E-state index contributed by atoms with van der Waals surface area (Å²) in [6.07, 6.45) is 1.77. The van der Waals surface area contributed by atoms with Crippen LogP contribution in [0.4, 0.5) is 0 Å². The van der Waals surface area contributed by atoms with E-state index in [0.717, 1.165) is 32.5 Å². The molecule has 1 aliphatic rings. The molecule has 1 heterocycles. The van der Waals surface area contributed by atoms with E-state index in [4.69, 9.17) is 9.47 Å². The van der Waals surface area contributed by atoms with Gasteiger partial charge in [-0.25, -0.2) is 4.79 Å². The summed E-state index contributed by atoms with van der Waals surface area (Å²) in [5, 5.41) is 0. The van der Waals surface area contributed by atoms with Gasteiger partial charge in [0.05, 0.1) is 38.3 Å². The molecule has 0 aromatic heterocycles. The fraction of sp³-hybridized carbons (Fsp3) is 0.529. The van der Waals surface area contributed by atoms with Gasteiger partial charge in [0, 0.05) is 18.4 Å². The normalized spacial score (nSPS) is 21.2. The van der Waals surface area contributed by atoms with E-state index in [1.807, 2.05) is 19.1 Å². The zero-order valence-electron chi connectivity index (χ0n) is 13.3. The molecular formula is C17H24NO4+. The Kier molecular flexibility index (Phi) is 5.95. The van der Waals surface area contributed by atoms with Gasteiger partial charge in [0.25, 0.3) is 0 Å². The van der Waals surface area contributed by atoms with Crippen LogP contribution in [0.25, 0.3) is 0 Å². The molecule has 1 N–H and O–H groups in total. The number of piperidine rings is 1. The minimum Gasteiger partial charge on any atom is -0.466 e. The quantitative estimate of drug-likeness (QED) is 0.819. The number of carbonyl (C=O) groups is 2. The Balaban J connectivity index is 1.83. The van der Waals surface area contributed by atoms with Crippen molar-refractivity contribution in [3.8, 4) is 0 Å². The van der Waals surface area contributed by atoms with Crippen LogP contribution < -0.4 is 4.90 Å². The number of likely N-dealkylation sites (tertiary alicyclic amines) is 1. The summed E-state index contributed by atoms with van der Waals surface area (Å²) < 4.78 is 9.78. The minimum atomic E-state index is -0.311. The SMILES string of the molecule is CCOC(=O)C1CC[NH+](Cc2ccc(C(=O)OC)cc2)CC1. The molecule has 0 atom stereocenters. The lowest BCUT2D eigenvalue weighted by atomic mass is 9.96. The highest BCUT2D eigenvalue weighted by atomic mass is 16.5. The second-order valence-corrected chi connectivity index (χ2v) is 5.64. The molecule has 0 unspecified atom stereocenters. The molecular weight excluding hydrogens is 282 g/mol. The lowest BCUT2D eigenvalue weighted by molar-refractivity contribution is -0.919. The second-order valence-electron chi connectivity index (χ2n) is 5.64. The summed E-state index contributed by atoms with van der Waals surface area (Å²) >= 11 is 0. The van der Waals surface area contributed by atoms with Crippen molar-refractivity contribution in [1.29, 1.82) is 0 Å². The number of benzene rings is 1. The van der Waals surface area contributed by atoms with Gasteiger partial charge in [-0.1, -0.05) is 12.1 Å². The van der Waals surface area contributed by atoms with Gasteiger partial charge >= 0.3 is 11.9 Å². The second kappa shape index (κ2) is 7.94. The Labute approximate surface area is 131 Å². The molecule has 0 aliphatic carbocycles. The summed E-state index contributed by atoms with van der Waals surface area (Å²) in [7, 11) is 1.38. The maximum Gasteiger partial charge on any atom is 0.337 e. The van der Waals surface area contributed by atoms with Crippen LogP contribution in [-0.4, -0.2) is 38.7 Å². The Morgan fingerprint density at radius 3 is 2.36 bits per heavy atom. The molecule has 1 aromatic carbocycles. The van der Waals surface area contributed by atoms with Crippen LogP contribution in [0.3, 0.4) is 0 Å². The van der Waals surface area contributed by atoms with Crippen molar-refractivity contribution in [2.24, 2.45) is 5.92 Å². The number of rotatable bonds is 5. The van der Waals surface area contributed by atoms with E-state index in [9.17, 15) is 9.59 Å². The molecule has 0 radical (unpaired) electrons. The van der Waals surface area contributed by atoms with Crippen LogP contribution >= 0.6 is 0 Å². The molecule has 1 fully saturated rings. The maximum absolute atomic E-state index is 11.7. The fourth-order valence-corrected chi connectivity index (χ4v) is 2.86. The van der Waals surface area contributed by atoms with E-state index < -0.39 is 0 Å². The summed E-state index contributed by atoms with van der Waals surface area (Å²) in [5.74, 6) is -0.302. The largest absolute Gasteiger partial charge is 0.466 e. The summed E-state index contributed by atoms with van der Waals surface area (Å²) in [6, 6.07) is 7.53. The van der Waals surface area contributed by atoms with E-state index >= 15 is 0 Å². The van der Waals surface area contributed by atoms with E-state index in [2.05, 4.69) is 0 Å². The van der Waals surface area contributed by atoms with E-state index in [1.54, 1.807) is 12.1 Å². The van der Waals surface area contributed by atoms with E-state index in [-0.39, 0.29) is 17.9 Å². The van der Waals surface area contributed by atoms with Crippen LogP contribution in [0.2, 0.25) is 0 Å². The maximum atomic E-state index is 11.7. The third kappa shape index (κ3) is 4.31. The molecule has 0 amide bonds. The van der Waals surface area contributed by atoms with Gasteiger partial charge in [-0.3, -0.25) is 4.79 Å². The van der Waals surface area contributed by atoms with Crippen molar-refractivity contribution in [3.05, 3.63) is 35.4 Å². The van der Waals surface area contributed by atoms with Gasteiger partial charge in [-0.05, 0) is 19.1 Å². The summed E-state index contributed by atoms with van der Waals surface area (Å²) in [5.41, 5.74) is 1.76. The van der Waals surface area contributed by atoms with Crippen molar-refractivity contribution >= 4 is 11.9 Å². The molecule has 22 heavy (non-hydrogen) atoms. The standard InChI is InChI=1S/C17H23NO4/c1-3-22-17(20)15-8-10-18(11-9-15)12-13-4-6-14(7-5-13)16(19)21-2/h4-7,15H,3,8-12H2,1-2H3/p+1. The third-order valence-corrected chi connectivity index (χ3v) is 4.14. The van der Waals surface area contributed by atoms with Gasteiger partial charge in [0.1, 0.15) is 6.54 Å². The van der Waals surface area contributed by atoms with Gasteiger partial charge in [-0.15, -0.1) is 0 Å². The lowest BCUT2D eigenvalue weighted by Gasteiger charge is -2.28. The van der Waals surface area contributed by atoms with Crippen molar-refractivity contribution in [1.82, 2.24) is 0 Å². The highest BCUT2D eigenvalue weighted by Gasteiger charge is 2.28. The zero-order chi connectivity index (χ0) is 15.9. The number of carbonyl (C=O) groups excluding carboxylic acids is 2. The fourth-order valence-electron chi connectivity index (χ4n) is 2.86. The van der Waals surface area contributed by atoms with Gasteiger partial charge in [0.2, 0.25) is 0 Å². The predicted molar refractivity (Wildman–Crippen MR) is 81.5 cm³/mol. The van der Waals surface area contributed by atoms with Crippen molar-refractivity contribution in [3.63, 3.8) is 0 Å². The third-order valence-electron chi connectivity index (χ3n) is 4.14. The first kappa shape index (κ1) is 16.5. The zero-order valence-corrected chi connectivity index (χ0v) is 13.3. The monoisotopic (exact) mass is 306 g/mol. The number of hydrogen-bond donors (Lipinski definition) is 1. The molecule has 5 nitrogen and oxygen atoms in total. The summed E-state index contributed by atoms with van der Waals surface area (Å²) in [6.45, 7) is 5.16. The van der Waals surface area contributed by atoms with Crippen molar-refractivity contribution in [2.45, 2.75) is 26.3 Å². The molecule has 0 spiro atoms. The van der Waals surface area contributed by atoms with Crippen LogP contribution in [0.5, 0.6) is 0 Å². The van der Waals surface area contributed by atoms with Gasteiger partial charge in [-0.2, -0.15) is 0 Å². The lowest BCUT2D eigenvalue weighted by Crippen LogP contribution is -3.11. The molecule has 5 heteroatoms. The number of methoxy groups -OCH3 is 1. The van der Waals surface area contributed by atoms with Crippen LogP contribution in [0.1, 0.15) is 35.7 Å². The average Bonchev–Trinajstić information content (AvgIpc) is 2.55. The molecule has 1 aliphatic heterocycles. The van der Waals surface area contributed by atoms with Gasteiger partial charge < -0.3 is 14.4 Å². The highest BCUT2D eigenvalue weighted by Crippen LogP contribution is 2.12. The van der Waals surface area contributed by atoms with Crippen LogP contribution in [-0.2, 0) is 20.8 Å². The van der Waals surface area contributed by atoms with Crippen LogP contribution in [0.15, 0.2) is 24.3 Å². The Morgan fingerprint density at radius 1 is 1.18 bits per heavy atom. The average molecular weight is 306 g/mol. The Bertz CT molecular complexity index is 504. The number of esters is 2. The van der Waals surface area contributed by atoms with Crippen molar-refractivity contribution in [2.75, 3.05) is 26.8 Å². The minimum absolute atomic E-state index is 0.0519. The first-order valence-electron chi connectivity index (χ1n) is 7.81. The van der Waals surface area contributed by atoms with E-state index in [0.29, 0.717) is 12.2 Å². The molecule has 120 valence electrons. The smallest absolute Gasteiger partial charge is 0.337 e. The number of ether oxygens (including phenoxy) is 2. The topological polar surface area (TPSA) is 57.0 Å². The van der Waals surface area contributed by atoms with Crippen LogP contribution in [0, 0.1) is 5.92 Å². The van der Waals surface area contributed by atoms with E-state index in [1.165, 1.54) is 17.6 Å². The molecule has 1 saturated heterocycles. The molecule has 0 bridgehead atoms. The number of quaternary nitrogens is 1. The Hall–Kier alpha value is -1.88. The highest BCUT2D eigenvalue weighted by molar-refractivity contribution is 5.89. The molecule has 1 aromatic rings.